The molecule has 3 aromatic rings. The predicted molar refractivity (Wildman–Crippen MR) is 92.2 cm³/mol. The number of H-pyrrole nitrogens is 1. The molecule has 6 nitrogen and oxygen atoms in total. The molecule has 2 N–H and O–H groups in total. The zero-order valence-electron chi connectivity index (χ0n) is 13.1. The van der Waals surface area contributed by atoms with Gasteiger partial charge in [0, 0.05) is 11.1 Å². The number of rotatable bonds is 4. The van der Waals surface area contributed by atoms with Crippen LogP contribution in [0.3, 0.4) is 0 Å². The minimum absolute atomic E-state index is 0.228. The molecule has 3 rings (SSSR count). The molecule has 0 aliphatic rings. The van der Waals surface area contributed by atoms with E-state index in [1.54, 1.807) is 25.1 Å². The van der Waals surface area contributed by atoms with Crippen molar-refractivity contribution in [2.45, 2.75) is 13.8 Å². The van der Waals surface area contributed by atoms with Crippen molar-refractivity contribution in [3.63, 3.8) is 0 Å². The molecule has 0 atom stereocenters. The molecule has 0 saturated carbocycles. The van der Waals surface area contributed by atoms with Crippen molar-refractivity contribution in [3.8, 4) is 11.5 Å². The topological polar surface area (TPSA) is 83.3 Å². The summed E-state index contributed by atoms with van der Waals surface area (Å²) in [5.41, 5.74) is 4.88. The van der Waals surface area contributed by atoms with Crippen molar-refractivity contribution in [1.29, 1.82) is 0 Å². The molecule has 0 aliphatic carbocycles. The molecule has 0 radical (unpaired) electrons. The fourth-order valence-corrected chi connectivity index (χ4v) is 2.22. The van der Waals surface area contributed by atoms with Crippen molar-refractivity contribution in [2.24, 2.45) is 5.10 Å². The summed E-state index contributed by atoms with van der Waals surface area (Å²) < 4.78 is 5.49. The molecule has 2 aromatic heterocycles. The summed E-state index contributed by atoms with van der Waals surface area (Å²) in [4.78, 5) is 12.1. The van der Waals surface area contributed by atoms with Gasteiger partial charge in [-0.3, -0.25) is 9.89 Å². The average Bonchev–Trinajstić information content (AvgIpc) is 3.22. The Hall–Kier alpha value is -2.86. The molecular weight excluding hydrogens is 328 g/mol. The zero-order valence-corrected chi connectivity index (χ0v) is 13.9. The molecule has 0 saturated heterocycles. The SMILES string of the molecule is C/C(=N\NC(=O)c1cc(-c2ccc(C)o2)[nH]n1)c1ccc(Cl)cc1. The Bertz CT molecular complexity index is 893. The lowest BCUT2D eigenvalue weighted by molar-refractivity contribution is 0.0950. The third-order valence-electron chi connectivity index (χ3n) is 3.40. The molecule has 0 spiro atoms. The van der Waals surface area contributed by atoms with Gasteiger partial charge in [0.2, 0.25) is 0 Å². The smallest absolute Gasteiger partial charge is 0.291 e. The predicted octanol–water partition coefficient (Wildman–Crippen LogP) is 3.79. The van der Waals surface area contributed by atoms with Gasteiger partial charge in [-0.25, -0.2) is 5.43 Å². The number of aryl methyl sites for hydroxylation is 1. The number of furan rings is 1. The summed E-state index contributed by atoms with van der Waals surface area (Å²) in [5.74, 6) is 1.00. The lowest BCUT2D eigenvalue weighted by Crippen LogP contribution is -2.19. The highest BCUT2D eigenvalue weighted by Crippen LogP contribution is 2.20. The van der Waals surface area contributed by atoms with Gasteiger partial charge in [-0.2, -0.15) is 10.2 Å². The fraction of sp³-hybridized carbons (Fsp3) is 0.118. The number of nitrogens with zero attached hydrogens (tertiary/aromatic N) is 2. The van der Waals surface area contributed by atoms with E-state index in [0.29, 0.717) is 22.2 Å². The van der Waals surface area contributed by atoms with Gasteiger partial charge < -0.3 is 4.42 Å². The summed E-state index contributed by atoms with van der Waals surface area (Å²) in [6.45, 7) is 3.65. The second-order valence-electron chi connectivity index (χ2n) is 5.22. The summed E-state index contributed by atoms with van der Waals surface area (Å²) in [7, 11) is 0. The Kier molecular flexibility index (Phi) is 4.48. The first kappa shape index (κ1) is 16.0. The van der Waals surface area contributed by atoms with Gasteiger partial charge in [0.1, 0.15) is 11.5 Å². The van der Waals surface area contributed by atoms with Crippen LogP contribution in [-0.2, 0) is 0 Å². The molecule has 24 heavy (non-hydrogen) atoms. The fourth-order valence-electron chi connectivity index (χ4n) is 2.09. The Morgan fingerprint density at radius 1 is 1.25 bits per heavy atom. The maximum Gasteiger partial charge on any atom is 0.291 e. The number of carbonyl (C=O) groups is 1. The van der Waals surface area contributed by atoms with Crippen LogP contribution in [0.1, 0.15) is 28.7 Å². The molecule has 1 amide bonds. The summed E-state index contributed by atoms with van der Waals surface area (Å²) >= 11 is 5.85. The van der Waals surface area contributed by atoms with Crippen LogP contribution < -0.4 is 5.43 Å². The highest BCUT2D eigenvalue weighted by molar-refractivity contribution is 6.30. The van der Waals surface area contributed by atoms with Crippen LogP contribution in [0.5, 0.6) is 0 Å². The first-order chi connectivity index (χ1) is 11.5. The first-order valence-electron chi connectivity index (χ1n) is 7.26. The molecule has 7 heteroatoms. The van der Waals surface area contributed by atoms with Crippen LogP contribution in [0.15, 0.2) is 52.0 Å². The highest BCUT2D eigenvalue weighted by Gasteiger charge is 2.13. The summed E-state index contributed by atoms with van der Waals surface area (Å²) in [6, 6.07) is 12.5. The standard InChI is InChI=1S/C17H15ClN4O2/c1-10-3-8-16(24-10)14-9-15(21-20-14)17(23)22-19-11(2)12-4-6-13(18)7-5-12/h3-9H,1-2H3,(H,20,21)(H,22,23)/b19-11+. The van der Waals surface area contributed by atoms with Gasteiger partial charge in [-0.05, 0) is 43.7 Å². The largest absolute Gasteiger partial charge is 0.460 e. The van der Waals surface area contributed by atoms with Crippen LogP contribution in [-0.4, -0.2) is 21.8 Å². The van der Waals surface area contributed by atoms with Crippen LogP contribution in [0, 0.1) is 6.92 Å². The molecule has 0 fully saturated rings. The van der Waals surface area contributed by atoms with Gasteiger partial charge in [-0.1, -0.05) is 23.7 Å². The Morgan fingerprint density at radius 2 is 2.00 bits per heavy atom. The number of hydrogen-bond acceptors (Lipinski definition) is 4. The maximum absolute atomic E-state index is 12.1. The number of aromatic nitrogens is 2. The second kappa shape index (κ2) is 6.72. The van der Waals surface area contributed by atoms with E-state index in [1.165, 1.54) is 0 Å². The molecule has 0 aliphatic heterocycles. The number of carbonyl (C=O) groups excluding carboxylic acids is 1. The quantitative estimate of drug-likeness (QED) is 0.559. The number of nitrogens with one attached hydrogen (secondary N) is 2. The van der Waals surface area contributed by atoms with Crippen LogP contribution in [0.4, 0.5) is 0 Å². The molecular formula is C17H15ClN4O2. The Labute approximate surface area is 143 Å². The van der Waals surface area contributed by atoms with Crippen molar-refractivity contribution in [2.75, 3.05) is 0 Å². The van der Waals surface area contributed by atoms with E-state index < -0.39 is 5.91 Å². The van der Waals surface area contributed by atoms with Gasteiger partial charge in [0.15, 0.2) is 11.5 Å². The highest BCUT2D eigenvalue weighted by atomic mass is 35.5. The first-order valence-corrected chi connectivity index (χ1v) is 7.63. The Morgan fingerprint density at radius 3 is 2.67 bits per heavy atom. The number of hydrazone groups is 1. The minimum atomic E-state index is -0.408. The third-order valence-corrected chi connectivity index (χ3v) is 3.66. The van der Waals surface area contributed by atoms with Gasteiger partial charge in [-0.15, -0.1) is 0 Å². The number of amides is 1. The number of aromatic amines is 1. The van der Waals surface area contributed by atoms with E-state index in [1.807, 2.05) is 31.2 Å². The van der Waals surface area contributed by atoms with E-state index in [2.05, 4.69) is 20.7 Å². The van der Waals surface area contributed by atoms with Crippen LogP contribution >= 0.6 is 11.6 Å². The van der Waals surface area contributed by atoms with E-state index in [-0.39, 0.29) is 5.69 Å². The van der Waals surface area contributed by atoms with E-state index in [4.69, 9.17) is 16.0 Å². The molecule has 122 valence electrons. The van der Waals surface area contributed by atoms with Gasteiger partial charge in [0.05, 0.1) is 5.71 Å². The minimum Gasteiger partial charge on any atom is -0.460 e. The van der Waals surface area contributed by atoms with E-state index >= 15 is 0 Å². The lowest BCUT2D eigenvalue weighted by atomic mass is 10.1. The molecule has 0 unspecified atom stereocenters. The van der Waals surface area contributed by atoms with E-state index in [9.17, 15) is 4.79 Å². The van der Waals surface area contributed by atoms with Crippen molar-refractivity contribution < 1.29 is 9.21 Å². The van der Waals surface area contributed by atoms with Crippen LogP contribution in [0.2, 0.25) is 5.02 Å². The van der Waals surface area contributed by atoms with Gasteiger partial charge in [0.25, 0.3) is 5.91 Å². The lowest BCUT2D eigenvalue weighted by Gasteiger charge is -2.01. The Balaban J connectivity index is 1.70. The van der Waals surface area contributed by atoms with Crippen molar-refractivity contribution in [1.82, 2.24) is 15.6 Å². The summed E-state index contributed by atoms with van der Waals surface area (Å²) in [5, 5.41) is 11.5. The van der Waals surface area contributed by atoms with Crippen molar-refractivity contribution >= 4 is 23.2 Å². The molecule has 0 bridgehead atoms. The normalized spacial score (nSPS) is 11.5. The second-order valence-corrected chi connectivity index (χ2v) is 5.66. The number of hydrogen-bond donors (Lipinski definition) is 2. The average molecular weight is 343 g/mol. The monoisotopic (exact) mass is 342 g/mol. The third kappa shape index (κ3) is 3.55. The number of halogens is 1. The van der Waals surface area contributed by atoms with E-state index in [0.717, 1.165) is 11.3 Å². The zero-order chi connectivity index (χ0) is 17.1. The van der Waals surface area contributed by atoms with Crippen molar-refractivity contribution in [3.05, 3.63) is 64.5 Å². The van der Waals surface area contributed by atoms with Crippen LogP contribution in [0.25, 0.3) is 11.5 Å². The molecule has 2 heterocycles. The molecule has 1 aromatic carbocycles. The number of benzene rings is 1. The summed E-state index contributed by atoms with van der Waals surface area (Å²) in [6.07, 6.45) is 0. The van der Waals surface area contributed by atoms with Gasteiger partial charge >= 0.3 is 0 Å². The maximum atomic E-state index is 12.1.